The molecule has 1 aromatic rings. The summed E-state index contributed by atoms with van der Waals surface area (Å²) in [7, 11) is 0. The number of hydrogen-bond donors (Lipinski definition) is 1. The maximum absolute atomic E-state index is 5.79. The van der Waals surface area contributed by atoms with Gasteiger partial charge in [-0.05, 0) is 31.4 Å². The summed E-state index contributed by atoms with van der Waals surface area (Å²) in [6.07, 6.45) is 2.64. The number of fused-ring (bicyclic) bond motifs is 1. The van der Waals surface area contributed by atoms with Crippen LogP contribution in [0.4, 0.5) is 0 Å². The SMILES string of the molecule is CCNC(c1cccc2c1OCCO2)C1CC1. The van der Waals surface area contributed by atoms with Gasteiger partial charge in [0.05, 0.1) is 0 Å². The molecular weight excluding hydrogens is 214 g/mol. The highest BCUT2D eigenvalue weighted by Crippen LogP contribution is 2.46. The van der Waals surface area contributed by atoms with Gasteiger partial charge >= 0.3 is 0 Å². The van der Waals surface area contributed by atoms with Crippen molar-refractivity contribution in [2.45, 2.75) is 25.8 Å². The molecule has 1 N–H and O–H groups in total. The minimum absolute atomic E-state index is 0.427. The van der Waals surface area contributed by atoms with Gasteiger partial charge < -0.3 is 14.8 Å². The van der Waals surface area contributed by atoms with Gasteiger partial charge in [-0.15, -0.1) is 0 Å². The third-order valence-electron chi connectivity index (χ3n) is 3.45. The van der Waals surface area contributed by atoms with Crippen molar-refractivity contribution in [2.24, 2.45) is 5.92 Å². The van der Waals surface area contributed by atoms with Crippen molar-refractivity contribution in [2.75, 3.05) is 19.8 Å². The fourth-order valence-corrected chi connectivity index (χ4v) is 2.52. The predicted molar refractivity (Wildman–Crippen MR) is 66.6 cm³/mol. The summed E-state index contributed by atoms with van der Waals surface area (Å²) in [6.45, 7) is 4.47. The molecular formula is C14H19NO2. The smallest absolute Gasteiger partial charge is 0.166 e. The fraction of sp³-hybridized carbons (Fsp3) is 0.571. The molecule has 1 aliphatic carbocycles. The van der Waals surface area contributed by atoms with Crippen molar-refractivity contribution in [3.8, 4) is 11.5 Å². The molecule has 0 amide bonds. The van der Waals surface area contributed by atoms with Gasteiger partial charge in [-0.1, -0.05) is 19.1 Å². The molecule has 0 radical (unpaired) electrons. The van der Waals surface area contributed by atoms with Gasteiger partial charge in [0.15, 0.2) is 11.5 Å². The van der Waals surface area contributed by atoms with Crippen LogP contribution in [0.3, 0.4) is 0 Å². The topological polar surface area (TPSA) is 30.5 Å². The zero-order chi connectivity index (χ0) is 11.7. The number of ether oxygens (including phenoxy) is 2. The summed E-state index contributed by atoms with van der Waals surface area (Å²) in [4.78, 5) is 0. The quantitative estimate of drug-likeness (QED) is 0.866. The summed E-state index contributed by atoms with van der Waals surface area (Å²) in [5.41, 5.74) is 1.27. The first-order chi connectivity index (χ1) is 8.40. The summed E-state index contributed by atoms with van der Waals surface area (Å²) >= 11 is 0. The van der Waals surface area contributed by atoms with Crippen molar-refractivity contribution >= 4 is 0 Å². The second-order valence-corrected chi connectivity index (χ2v) is 4.74. The molecule has 0 saturated heterocycles. The number of hydrogen-bond acceptors (Lipinski definition) is 3. The fourth-order valence-electron chi connectivity index (χ4n) is 2.52. The maximum Gasteiger partial charge on any atom is 0.166 e. The zero-order valence-corrected chi connectivity index (χ0v) is 10.2. The Morgan fingerprint density at radius 2 is 2.12 bits per heavy atom. The van der Waals surface area contributed by atoms with E-state index in [4.69, 9.17) is 9.47 Å². The third-order valence-corrected chi connectivity index (χ3v) is 3.45. The molecule has 1 atom stereocenters. The lowest BCUT2D eigenvalue weighted by Gasteiger charge is -2.25. The van der Waals surface area contributed by atoms with E-state index in [0.717, 1.165) is 24.0 Å². The van der Waals surface area contributed by atoms with E-state index in [1.54, 1.807) is 0 Å². The summed E-state index contributed by atoms with van der Waals surface area (Å²) in [5.74, 6) is 2.63. The van der Waals surface area contributed by atoms with Crippen molar-refractivity contribution in [3.05, 3.63) is 23.8 Å². The molecule has 3 rings (SSSR count). The van der Waals surface area contributed by atoms with Crippen molar-refractivity contribution in [3.63, 3.8) is 0 Å². The van der Waals surface area contributed by atoms with E-state index in [1.807, 2.05) is 6.07 Å². The molecule has 1 heterocycles. The van der Waals surface area contributed by atoms with Crippen LogP contribution in [0.5, 0.6) is 11.5 Å². The van der Waals surface area contributed by atoms with Gasteiger partial charge in [0, 0.05) is 11.6 Å². The molecule has 0 spiro atoms. The van der Waals surface area contributed by atoms with E-state index in [0.29, 0.717) is 19.3 Å². The Morgan fingerprint density at radius 1 is 1.29 bits per heavy atom. The summed E-state index contributed by atoms with van der Waals surface area (Å²) < 4.78 is 11.4. The van der Waals surface area contributed by atoms with Gasteiger partial charge in [-0.3, -0.25) is 0 Å². The summed E-state index contributed by atoms with van der Waals surface area (Å²) in [5, 5.41) is 3.58. The Hall–Kier alpha value is -1.22. The minimum Gasteiger partial charge on any atom is -0.486 e. The Balaban J connectivity index is 1.94. The average molecular weight is 233 g/mol. The molecule has 1 saturated carbocycles. The average Bonchev–Trinajstić information content (AvgIpc) is 3.20. The molecule has 3 nitrogen and oxygen atoms in total. The lowest BCUT2D eigenvalue weighted by molar-refractivity contribution is 0.168. The Labute approximate surface area is 102 Å². The number of nitrogens with one attached hydrogen (secondary N) is 1. The van der Waals surface area contributed by atoms with Gasteiger partial charge in [-0.2, -0.15) is 0 Å². The van der Waals surface area contributed by atoms with Crippen molar-refractivity contribution in [1.82, 2.24) is 5.32 Å². The van der Waals surface area contributed by atoms with Crippen LogP contribution in [0.25, 0.3) is 0 Å². The molecule has 92 valence electrons. The lowest BCUT2D eigenvalue weighted by Crippen LogP contribution is -2.25. The molecule has 1 aromatic carbocycles. The van der Waals surface area contributed by atoms with Crippen molar-refractivity contribution in [1.29, 1.82) is 0 Å². The monoisotopic (exact) mass is 233 g/mol. The van der Waals surface area contributed by atoms with E-state index < -0.39 is 0 Å². The minimum atomic E-state index is 0.427. The highest BCUT2D eigenvalue weighted by atomic mass is 16.6. The van der Waals surface area contributed by atoms with Crippen LogP contribution in [0, 0.1) is 5.92 Å². The number of para-hydroxylation sites is 1. The van der Waals surface area contributed by atoms with Gasteiger partial charge in [0.1, 0.15) is 13.2 Å². The number of benzene rings is 1. The Kier molecular flexibility index (Phi) is 2.93. The second-order valence-electron chi connectivity index (χ2n) is 4.74. The predicted octanol–water partition coefficient (Wildman–Crippen LogP) is 2.52. The van der Waals surface area contributed by atoms with Crippen LogP contribution >= 0.6 is 0 Å². The van der Waals surface area contributed by atoms with E-state index in [9.17, 15) is 0 Å². The zero-order valence-electron chi connectivity index (χ0n) is 10.2. The van der Waals surface area contributed by atoms with Gasteiger partial charge in [0.2, 0.25) is 0 Å². The first kappa shape index (κ1) is 10.9. The number of rotatable bonds is 4. The van der Waals surface area contributed by atoms with Crippen LogP contribution in [0.1, 0.15) is 31.4 Å². The highest BCUT2D eigenvalue weighted by Gasteiger charge is 2.34. The van der Waals surface area contributed by atoms with E-state index in [-0.39, 0.29) is 0 Å². The molecule has 0 aromatic heterocycles. The largest absolute Gasteiger partial charge is 0.486 e. The molecule has 1 aliphatic heterocycles. The first-order valence-corrected chi connectivity index (χ1v) is 6.52. The van der Waals surface area contributed by atoms with E-state index >= 15 is 0 Å². The standard InChI is InChI=1S/C14H19NO2/c1-2-15-13(10-6-7-10)11-4-3-5-12-14(11)17-9-8-16-12/h3-5,10,13,15H,2,6-9H2,1H3. The third kappa shape index (κ3) is 2.12. The van der Waals surface area contributed by atoms with Crippen LogP contribution < -0.4 is 14.8 Å². The van der Waals surface area contributed by atoms with Gasteiger partial charge in [-0.25, -0.2) is 0 Å². The van der Waals surface area contributed by atoms with Crippen LogP contribution in [0.15, 0.2) is 18.2 Å². The van der Waals surface area contributed by atoms with Crippen LogP contribution in [-0.4, -0.2) is 19.8 Å². The van der Waals surface area contributed by atoms with E-state index in [1.165, 1.54) is 18.4 Å². The van der Waals surface area contributed by atoms with Crippen LogP contribution in [0.2, 0.25) is 0 Å². The Morgan fingerprint density at radius 3 is 2.88 bits per heavy atom. The van der Waals surface area contributed by atoms with Gasteiger partial charge in [0.25, 0.3) is 0 Å². The van der Waals surface area contributed by atoms with Crippen molar-refractivity contribution < 1.29 is 9.47 Å². The van der Waals surface area contributed by atoms with Crippen LogP contribution in [-0.2, 0) is 0 Å². The maximum atomic E-state index is 5.79. The lowest BCUT2D eigenvalue weighted by atomic mass is 10.0. The first-order valence-electron chi connectivity index (χ1n) is 6.52. The normalized spacial score (nSPS) is 20.1. The molecule has 1 unspecified atom stereocenters. The summed E-state index contributed by atoms with van der Waals surface area (Å²) in [6, 6.07) is 6.65. The molecule has 2 aliphatic rings. The van der Waals surface area contributed by atoms with E-state index in [2.05, 4.69) is 24.4 Å². The Bertz CT molecular complexity index is 401. The highest BCUT2D eigenvalue weighted by molar-refractivity contribution is 5.49. The molecule has 3 heteroatoms. The second kappa shape index (κ2) is 4.57. The molecule has 1 fully saturated rings. The molecule has 0 bridgehead atoms. The molecule has 17 heavy (non-hydrogen) atoms.